The molecule has 1 fully saturated rings. The summed E-state index contributed by atoms with van der Waals surface area (Å²) in [4.78, 5) is 16.4. The first-order chi connectivity index (χ1) is 12.2. The quantitative estimate of drug-likeness (QED) is 0.719. The summed E-state index contributed by atoms with van der Waals surface area (Å²) < 4.78 is 0. The second-order valence-electron chi connectivity index (χ2n) is 6.31. The van der Waals surface area contributed by atoms with Crippen molar-refractivity contribution in [1.82, 2.24) is 10.3 Å². The number of amides is 2. The molecule has 0 spiro atoms. The Kier molecular flexibility index (Phi) is 6.12. The van der Waals surface area contributed by atoms with Crippen LogP contribution >= 0.6 is 11.6 Å². The highest BCUT2D eigenvalue weighted by Crippen LogP contribution is 2.18. The van der Waals surface area contributed by atoms with Gasteiger partial charge in [-0.25, -0.2) is 9.78 Å². The van der Waals surface area contributed by atoms with Gasteiger partial charge in [-0.05, 0) is 36.6 Å². The summed E-state index contributed by atoms with van der Waals surface area (Å²) in [5.74, 6) is 0.734. The molecule has 0 saturated heterocycles. The number of carbonyl (C=O) groups excluding carboxylic acids is 1. The van der Waals surface area contributed by atoms with Crippen molar-refractivity contribution in [2.24, 2.45) is 0 Å². The van der Waals surface area contributed by atoms with E-state index in [1.807, 2.05) is 36.4 Å². The largest absolute Gasteiger partial charge is 0.366 e. The van der Waals surface area contributed by atoms with Crippen LogP contribution in [0.25, 0.3) is 0 Å². The first-order valence-corrected chi connectivity index (χ1v) is 9.09. The van der Waals surface area contributed by atoms with Gasteiger partial charge in [-0.2, -0.15) is 0 Å². The molecule has 3 N–H and O–H groups in total. The second kappa shape index (κ2) is 8.72. The predicted molar refractivity (Wildman–Crippen MR) is 102 cm³/mol. The maximum Gasteiger partial charge on any atom is 0.319 e. The van der Waals surface area contributed by atoms with E-state index in [0.29, 0.717) is 18.3 Å². The van der Waals surface area contributed by atoms with Crippen molar-refractivity contribution in [3.63, 3.8) is 0 Å². The SMILES string of the molecule is O=C(Nc1ccc(NCc2ccccc2Cl)nc1)NC1CCCCC1. The fraction of sp³-hybridized carbons (Fsp3) is 0.368. The molecule has 1 aromatic heterocycles. The van der Waals surface area contributed by atoms with Gasteiger partial charge in [0.2, 0.25) is 0 Å². The fourth-order valence-corrected chi connectivity index (χ4v) is 3.20. The summed E-state index contributed by atoms with van der Waals surface area (Å²) in [6.07, 6.45) is 7.44. The zero-order valence-electron chi connectivity index (χ0n) is 14.1. The van der Waals surface area contributed by atoms with Crippen LogP contribution < -0.4 is 16.0 Å². The molecule has 1 aromatic carbocycles. The Bertz CT molecular complexity index is 699. The number of urea groups is 1. The molecule has 3 rings (SSSR count). The van der Waals surface area contributed by atoms with Crippen LogP contribution in [0.3, 0.4) is 0 Å². The van der Waals surface area contributed by atoms with Crippen LogP contribution in [0.5, 0.6) is 0 Å². The number of pyridine rings is 1. The van der Waals surface area contributed by atoms with Crippen LogP contribution in [0.2, 0.25) is 5.02 Å². The summed E-state index contributed by atoms with van der Waals surface area (Å²) >= 11 is 6.14. The van der Waals surface area contributed by atoms with Crippen LogP contribution in [0.1, 0.15) is 37.7 Å². The topological polar surface area (TPSA) is 66.0 Å². The molecule has 6 heteroatoms. The average Bonchev–Trinajstić information content (AvgIpc) is 2.63. The Labute approximate surface area is 153 Å². The van der Waals surface area contributed by atoms with Crippen molar-refractivity contribution in [1.29, 1.82) is 0 Å². The number of anilines is 2. The van der Waals surface area contributed by atoms with Gasteiger partial charge in [-0.1, -0.05) is 49.1 Å². The molecule has 1 heterocycles. The zero-order valence-corrected chi connectivity index (χ0v) is 14.9. The van der Waals surface area contributed by atoms with Crippen molar-refractivity contribution in [3.05, 3.63) is 53.2 Å². The smallest absolute Gasteiger partial charge is 0.319 e. The van der Waals surface area contributed by atoms with Crippen molar-refractivity contribution in [2.45, 2.75) is 44.7 Å². The molecule has 5 nitrogen and oxygen atoms in total. The Hall–Kier alpha value is -2.27. The fourth-order valence-electron chi connectivity index (χ4n) is 3.00. The van der Waals surface area contributed by atoms with Crippen LogP contribution in [-0.2, 0) is 6.54 Å². The minimum atomic E-state index is -0.162. The number of carbonyl (C=O) groups is 1. The van der Waals surface area contributed by atoms with Gasteiger partial charge in [-0.3, -0.25) is 0 Å². The number of aromatic nitrogens is 1. The molecule has 2 amide bonds. The normalized spacial score (nSPS) is 14.8. The predicted octanol–water partition coefficient (Wildman–Crippen LogP) is 4.80. The van der Waals surface area contributed by atoms with E-state index < -0.39 is 0 Å². The Morgan fingerprint density at radius 2 is 1.92 bits per heavy atom. The van der Waals surface area contributed by atoms with Gasteiger partial charge in [-0.15, -0.1) is 0 Å². The Morgan fingerprint density at radius 1 is 1.12 bits per heavy atom. The molecule has 1 aliphatic carbocycles. The monoisotopic (exact) mass is 358 g/mol. The maximum absolute atomic E-state index is 12.0. The van der Waals surface area contributed by atoms with Crippen LogP contribution in [-0.4, -0.2) is 17.1 Å². The first kappa shape index (κ1) is 17.5. The van der Waals surface area contributed by atoms with Gasteiger partial charge < -0.3 is 16.0 Å². The van der Waals surface area contributed by atoms with Crippen molar-refractivity contribution < 1.29 is 4.79 Å². The van der Waals surface area contributed by atoms with Gasteiger partial charge >= 0.3 is 6.03 Å². The number of benzene rings is 1. The third-order valence-corrected chi connectivity index (χ3v) is 4.75. The minimum Gasteiger partial charge on any atom is -0.366 e. The summed E-state index contributed by atoms with van der Waals surface area (Å²) in [7, 11) is 0. The van der Waals surface area contributed by atoms with Crippen LogP contribution in [0.15, 0.2) is 42.6 Å². The molecule has 0 unspecified atom stereocenters. The van der Waals surface area contributed by atoms with E-state index in [0.717, 1.165) is 29.2 Å². The highest BCUT2D eigenvalue weighted by molar-refractivity contribution is 6.31. The number of hydrogen-bond acceptors (Lipinski definition) is 3. The summed E-state index contributed by atoms with van der Waals surface area (Å²) in [5, 5.41) is 9.82. The Balaban J connectivity index is 1.48. The third kappa shape index (κ3) is 5.36. The number of rotatable bonds is 5. The second-order valence-corrected chi connectivity index (χ2v) is 6.72. The lowest BCUT2D eigenvalue weighted by Crippen LogP contribution is -2.39. The maximum atomic E-state index is 12.0. The van der Waals surface area contributed by atoms with Gasteiger partial charge in [0.05, 0.1) is 11.9 Å². The van der Waals surface area contributed by atoms with Gasteiger partial charge in [0.15, 0.2) is 0 Å². The van der Waals surface area contributed by atoms with E-state index in [1.54, 1.807) is 6.20 Å². The average molecular weight is 359 g/mol. The third-order valence-electron chi connectivity index (χ3n) is 4.38. The van der Waals surface area contributed by atoms with E-state index in [-0.39, 0.29) is 6.03 Å². The summed E-state index contributed by atoms with van der Waals surface area (Å²) in [5.41, 5.74) is 1.69. The summed E-state index contributed by atoms with van der Waals surface area (Å²) in [6.45, 7) is 0.599. The lowest BCUT2D eigenvalue weighted by atomic mass is 9.96. The van der Waals surface area contributed by atoms with E-state index in [4.69, 9.17) is 11.6 Å². The van der Waals surface area contributed by atoms with Crippen LogP contribution in [0, 0.1) is 0 Å². The van der Waals surface area contributed by atoms with E-state index in [1.165, 1.54) is 19.3 Å². The lowest BCUT2D eigenvalue weighted by Gasteiger charge is -2.22. The number of nitrogens with one attached hydrogen (secondary N) is 3. The molecular weight excluding hydrogens is 336 g/mol. The number of nitrogens with zero attached hydrogens (tertiary/aromatic N) is 1. The number of hydrogen-bond donors (Lipinski definition) is 3. The van der Waals surface area contributed by atoms with Crippen molar-refractivity contribution >= 4 is 29.1 Å². The molecule has 0 bridgehead atoms. The minimum absolute atomic E-state index is 0.162. The van der Waals surface area contributed by atoms with Crippen molar-refractivity contribution in [2.75, 3.05) is 10.6 Å². The zero-order chi connectivity index (χ0) is 17.5. The van der Waals surface area contributed by atoms with Gasteiger partial charge in [0, 0.05) is 17.6 Å². The molecule has 0 atom stereocenters. The lowest BCUT2D eigenvalue weighted by molar-refractivity contribution is 0.244. The molecule has 0 radical (unpaired) electrons. The van der Waals surface area contributed by atoms with Gasteiger partial charge in [0.25, 0.3) is 0 Å². The number of halogens is 1. The highest BCUT2D eigenvalue weighted by atomic mass is 35.5. The highest BCUT2D eigenvalue weighted by Gasteiger charge is 2.15. The van der Waals surface area contributed by atoms with Crippen molar-refractivity contribution in [3.8, 4) is 0 Å². The summed E-state index contributed by atoms with van der Waals surface area (Å²) in [6, 6.07) is 11.5. The molecule has 2 aromatic rings. The molecule has 1 aliphatic rings. The first-order valence-electron chi connectivity index (χ1n) is 8.71. The standard InChI is InChI=1S/C19H23ClN4O/c20-17-9-5-4-6-14(17)12-21-18-11-10-16(13-22-18)24-19(25)23-15-7-2-1-3-8-15/h4-6,9-11,13,15H,1-3,7-8,12H2,(H,21,22)(H2,23,24,25). The molecule has 0 aliphatic heterocycles. The van der Waals surface area contributed by atoms with E-state index in [2.05, 4.69) is 20.9 Å². The molecular formula is C19H23ClN4O. The van der Waals surface area contributed by atoms with E-state index in [9.17, 15) is 4.79 Å². The Morgan fingerprint density at radius 3 is 2.64 bits per heavy atom. The molecule has 25 heavy (non-hydrogen) atoms. The molecule has 132 valence electrons. The van der Waals surface area contributed by atoms with E-state index >= 15 is 0 Å². The van der Waals surface area contributed by atoms with Gasteiger partial charge in [0.1, 0.15) is 5.82 Å². The molecule has 1 saturated carbocycles. The van der Waals surface area contributed by atoms with Crippen LogP contribution in [0.4, 0.5) is 16.3 Å².